The second kappa shape index (κ2) is 8.26. The van der Waals surface area contributed by atoms with Crippen molar-refractivity contribution >= 4 is 22.5 Å². The number of benzene rings is 1. The molecule has 3 heterocycles. The summed E-state index contributed by atoms with van der Waals surface area (Å²) in [5.41, 5.74) is 5.78. The first-order chi connectivity index (χ1) is 14.7. The van der Waals surface area contributed by atoms with E-state index < -0.39 is 36.1 Å². The zero-order valence-electron chi connectivity index (χ0n) is 17.0. The molecule has 1 aliphatic rings. The number of aryl methyl sites for hydroxylation is 1. The van der Waals surface area contributed by atoms with E-state index >= 15 is 0 Å². The van der Waals surface area contributed by atoms with Crippen molar-refractivity contribution in [2.45, 2.75) is 38.5 Å². The number of halogens is 4. The van der Waals surface area contributed by atoms with E-state index in [0.29, 0.717) is 34.9 Å². The molecule has 1 aromatic carbocycles. The Hall–Kier alpha value is -3.01. The number of anilines is 2. The van der Waals surface area contributed by atoms with Gasteiger partial charge in [-0.2, -0.15) is 0 Å². The Morgan fingerprint density at radius 3 is 2.61 bits per heavy atom. The van der Waals surface area contributed by atoms with Crippen LogP contribution in [0.1, 0.15) is 36.3 Å². The number of aromatic nitrogens is 3. The van der Waals surface area contributed by atoms with Crippen LogP contribution in [0.5, 0.6) is 0 Å². The van der Waals surface area contributed by atoms with E-state index in [9.17, 15) is 17.6 Å². The topological polar surface area (TPSA) is 80.0 Å². The minimum Gasteiger partial charge on any atom is -0.363 e. The normalized spacial score (nSPS) is 19.9. The lowest BCUT2D eigenvalue weighted by molar-refractivity contribution is 0.146. The summed E-state index contributed by atoms with van der Waals surface area (Å²) in [6.07, 6.45) is -2.49. The minimum absolute atomic E-state index is 0.0993. The average Bonchev–Trinajstić information content (AvgIpc) is 3.06. The third-order valence-corrected chi connectivity index (χ3v) is 5.41. The lowest BCUT2D eigenvalue weighted by Crippen LogP contribution is -2.30. The van der Waals surface area contributed by atoms with Crippen LogP contribution in [0.2, 0.25) is 0 Å². The first kappa shape index (κ1) is 21.2. The van der Waals surface area contributed by atoms with Crippen LogP contribution in [0.3, 0.4) is 0 Å². The summed E-state index contributed by atoms with van der Waals surface area (Å²) in [5.74, 6) is 0.443. The van der Waals surface area contributed by atoms with Gasteiger partial charge in [0.05, 0.1) is 35.9 Å². The third-order valence-electron chi connectivity index (χ3n) is 5.41. The summed E-state index contributed by atoms with van der Waals surface area (Å²) in [6, 6.07) is 4.40. The van der Waals surface area contributed by atoms with Gasteiger partial charge in [0.1, 0.15) is 29.4 Å². The molecule has 1 aliphatic heterocycles. The molecule has 4 rings (SSSR count). The van der Waals surface area contributed by atoms with Crippen molar-refractivity contribution in [1.29, 1.82) is 0 Å². The van der Waals surface area contributed by atoms with E-state index in [-0.39, 0.29) is 12.1 Å². The molecule has 10 heteroatoms. The third kappa shape index (κ3) is 4.12. The van der Waals surface area contributed by atoms with Crippen LogP contribution >= 0.6 is 0 Å². The van der Waals surface area contributed by atoms with Gasteiger partial charge in [-0.25, -0.2) is 32.5 Å². The number of nitrogens with one attached hydrogen (secondary N) is 1. The van der Waals surface area contributed by atoms with E-state index in [4.69, 9.17) is 5.73 Å². The van der Waals surface area contributed by atoms with Gasteiger partial charge in [0.25, 0.3) is 6.43 Å². The van der Waals surface area contributed by atoms with Gasteiger partial charge in [0, 0.05) is 17.5 Å². The highest BCUT2D eigenvalue weighted by atomic mass is 19.3. The number of alkyl halides is 3. The summed E-state index contributed by atoms with van der Waals surface area (Å²) in [7, 11) is 0. The van der Waals surface area contributed by atoms with Crippen molar-refractivity contribution in [2.75, 3.05) is 23.3 Å². The molecule has 0 radical (unpaired) electrons. The van der Waals surface area contributed by atoms with Crippen molar-refractivity contribution in [3.63, 3.8) is 0 Å². The van der Waals surface area contributed by atoms with Crippen LogP contribution in [0.4, 0.5) is 29.2 Å². The largest absolute Gasteiger partial charge is 0.363 e. The van der Waals surface area contributed by atoms with E-state index in [0.717, 1.165) is 6.07 Å². The summed E-state index contributed by atoms with van der Waals surface area (Å²) in [6.45, 7) is 3.83. The number of pyridine rings is 1. The maximum Gasteiger partial charge on any atom is 0.266 e. The van der Waals surface area contributed by atoms with Gasteiger partial charge < -0.3 is 16.0 Å². The smallest absolute Gasteiger partial charge is 0.266 e. The molecule has 3 aromatic rings. The predicted molar refractivity (Wildman–Crippen MR) is 111 cm³/mol. The van der Waals surface area contributed by atoms with E-state index in [1.807, 2.05) is 0 Å². The van der Waals surface area contributed by atoms with Gasteiger partial charge in [-0.15, -0.1) is 0 Å². The van der Waals surface area contributed by atoms with Gasteiger partial charge in [-0.1, -0.05) is 18.2 Å². The fourth-order valence-electron chi connectivity index (χ4n) is 3.75. The molecule has 1 fully saturated rings. The quantitative estimate of drug-likeness (QED) is 0.590. The van der Waals surface area contributed by atoms with Crippen molar-refractivity contribution in [1.82, 2.24) is 15.0 Å². The van der Waals surface area contributed by atoms with Gasteiger partial charge >= 0.3 is 0 Å². The Labute approximate surface area is 176 Å². The average molecular weight is 434 g/mol. The highest BCUT2D eigenvalue weighted by molar-refractivity contribution is 5.90. The lowest BCUT2D eigenvalue weighted by atomic mass is 10.0. The second-order valence-corrected chi connectivity index (χ2v) is 7.68. The predicted octanol–water partition coefficient (Wildman–Crippen LogP) is 4.07. The number of nitrogens with zero attached hydrogens (tertiary/aromatic N) is 4. The Bertz CT molecular complexity index is 1100. The first-order valence-electron chi connectivity index (χ1n) is 9.86. The van der Waals surface area contributed by atoms with Crippen LogP contribution < -0.4 is 16.0 Å². The Balaban J connectivity index is 1.70. The van der Waals surface area contributed by atoms with E-state index in [1.165, 1.54) is 12.1 Å². The molecule has 3 atom stereocenters. The summed E-state index contributed by atoms with van der Waals surface area (Å²) >= 11 is 0. The van der Waals surface area contributed by atoms with Gasteiger partial charge in [-0.3, -0.25) is 0 Å². The minimum atomic E-state index is -2.91. The van der Waals surface area contributed by atoms with Crippen molar-refractivity contribution in [3.05, 3.63) is 53.2 Å². The number of hydrogen-bond acceptors (Lipinski definition) is 6. The Morgan fingerprint density at radius 2 is 1.94 bits per heavy atom. The zero-order chi connectivity index (χ0) is 22.3. The second-order valence-electron chi connectivity index (χ2n) is 7.68. The number of hydrogen-bond donors (Lipinski definition) is 2. The fraction of sp³-hybridized carbons (Fsp3) is 0.381. The van der Waals surface area contributed by atoms with Crippen molar-refractivity contribution < 1.29 is 17.6 Å². The molecule has 0 aliphatic carbocycles. The van der Waals surface area contributed by atoms with Gasteiger partial charge in [0.2, 0.25) is 0 Å². The maximum atomic E-state index is 14.6. The fourth-order valence-corrected chi connectivity index (χ4v) is 3.75. The standard InChI is InChI=1S/C21H22F4N6/c1-10(12-4-3-5-13(19(12)23)20(24)25)28-21-14-6-18(31-8-15(22)16(26)9-31)27-7-17(14)29-11(2)30-21/h3-7,10,15-16,20H,8-9,26H2,1-2H3,(H,28,29,30)/t10?,15-,16+/m0/s1. The highest BCUT2D eigenvalue weighted by Gasteiger charge is 2.31. The van der Waals surface area contributed by atoms with Crippen LogP contribution in [-0.2, 0) is 0 Å². The molecule has 6 nitrogen and oxygen atoms in total. The van der Waals surface area contributed by atoms with Gasteiger partial charge in [0.15, 0.2) is 0 Å². The van der Waals surface area contributed by atoms with Gasteiger partial charge in [-0.05, 0) is 19.9 Å². The monoisotopic (exact) mass is 434 g/mol. The summed E-state index contributed by atoms with van der Waals surface area (Å²) in [4.78, 5) is 14.9. The number of nitrogens with two attached hydrogens (primary N) is 1. The maximum absolute atomic E-state index is 14.6. The molecule has 3 N–H and O–H groups in total. The molecule has 1 saturated heterocycles. The Morgan fingerprint density at radius 1 is 1.19 bits per heavy atom. The zero-order valence-corrected chi connectivity index (χ0v) is 17.0. The van der Waals surface area contributed by atoms with E-state index in [2.05, 4.69) is 20.3 Å². The van der Waals surface area contributed by atoms with E-state index in [1.54, 1.807) is 31.0 Å². The Kier molecular flexibility index (Phi) is 5.65. The molecule has 164 valence electrons. The molecule has 1 unspecified atom stereocenters. The SMILES string of the molecule is Cc1nc(NC(C)c2cccc(C(F)F)c2F)c2cc(N3C[C@@H](N)[C@@H](F)C3)ncc2n1. The lowest BCUT2D eigenvalue weighted by Gasteiger charge is -2.20. The van der Waals surface area contributed by atoms with Crippen LogP contribution in [0, 0.1) is 12.7 Å². The van der Waals surface area contributed by atoms with Crippen LogP contribution in [0.15, 0.2) is 30.5 Å². The molecule has 31 heavy (non-hydrogen) atoms. The number of rotatable bonds is 5. The van der Waals surface area contributed by atoms with Crippen LogP contribution in [-0.4, -0.2) is 40.3 Å². The molecular weight excluding hydrogens is 412 g/mol. The van der Waals surface area contributed by atoms with Crippen LogP contribution in [0.25, 0.3) is 10.9 Å². The first-order valence-corrected chi connectivity index (χ1v) is 9.86. The van der Waals surface area contributed by atoms with Crippen molar-refractivity contribution in [2.24, 2.45) is 5.73 Å². The molecule has 0 saturated carbocycles. The molecule has 0 amide bonds. The highest BCUT2D eigenvalue weighted by Crippen LogP contribution is 2.31. The number of fused-ring (bicyclic) bond motifs is 1. The molecule has 0 spiro atoms. The molecule has 0 bridgehead atoms. The summed E-state index contributed by atoms with van der Waals surface area (Å²) < 4.78 is 54.6. The molecule has 2 aromatic heterocycles. The van der Waals surface area contributed by atoms with Crippen molar-refractivity contribution in [3.8, 4) is 0 Å². The summed E-state index contributed by atoms with van der Waals surface area (Å²) in [5, 5.41) is 3.70. The molecular formula is C21H22F4N6.